The van der Waals surface area contributed by atoms with Crippen LogP contribution in [0.15, 0.2) is 41.7 Å². The van der Waals surface area contributed by atoms with Crippen molar-refractivity contribution in [2.75, 3.05) is 19.8 Å². The van der Waals surface area contributed by atoms with Gasteiger partial charge < -0.3 is 5.11 Å². The number of halogens is 1. The molecule has 1 aliphatic rings. The first kappa shape index (κ1) is 13.1. The first-order chi connectivity index (χ1) is 8.70. The van der Waals surface area contributed by atoms with E-state index in [1.165, 1.54) is 5.56 Å². The zero-order chi connectivity index (χ0) is 13.0. The van der Waals surface area contributed by atoms with Crippen molar-refractivity contribution in [3.63, 3.8) is 0 Å². The van der Waals surface area contributed by atoms with Crippen molar-refractivity contribution in [3.05, 3.63) is 47.2 Å². The first-order valence-electron chi connectivity index (χ1n) is 6.44. The lowest BCUT2D eigenvalue weighted by Crippen LogP contribution is -2.35. The maximum absolute atomic E-state index is 12.5. The summed E-state index contributed by atoms with van der Waals surface area (Å²) >= 11 is 0. The second kappa shape index (κ2) is 6.01. The van der Waals surface area contributed by atoms with Crippen LogP contribution < -0.4 is 0 Å². The highest BCUT2D eigenvalue weighted by atomic mass is 19.1. The standard InChI is InChI=1S/C15H20FNO/c1-12-10-17(8-7-14(12)15(18)9-16)11-13-5-3-2-4-6-13/h2-6,12,18H,7-11H2,1H3. The van der Waals surface area contributed by atoms with Gasteiger partial charge in [-0.3, -0.25) is 4.90 Å². The molecule has 1 heterocycles. The van der Waals surface area contributed by atoms with E-state index < -0.39 is 6.67 Å². The zero-order valence-electron chi connectivity index (χ0n) is 10.8. The van der Waals surface area contributed by atoms with E-state index >= 15 is 0 Å². The van der Waals surface area contributed by atoms with E-state index in [1.807, 2.05) is 18.2 Å². The molecule has 1 aromatic rings. The summed E-state index contributed by atoms with van der Waals surface area (Å²) in [6.45, 7) is 4.01. The van der Waals surface area contributed by atoms with Crippen molar-refractivity contribution < 1.29 is 9.50 Å². The summed E-state index contributed by atoms with van der Waals surface area (Å²) in [6.07, 6.45) is 0.768. The Bertz CT molecular complexity index is 416. The average Bonchev–Trinajstić information content (AvgIpc) is 2.39. The van der Waals surface area contributed by atoms with Crippen LogP contribution in [0.2, 0.25) is 0 Å². The molecule has 3 heteroatoms. The Balaban J connectivity index is 1.97. The van der Waals surface area contributed by atoms with Crippen LogP contribution in [0.3, 0.4) is 0 Å². The van der Waals surface area contributed by atoms with E-state index in [4.69, 9.17) is 0 Å². The van der Waals surface area contributed by atoms with E-state index in [9.17, 15) is 9.50 Å². The number of nitrogens with zero attached hydrogens (tertiary/aromatic N) is 1. The molecule has 0 radical (unpaired) electrons. The van der Waals surface area contributed by atoms with Gasteiger partial charge in [-0.05, 0) is 23.5 Å². The van der Waals surface area contributed by atoms with Crippen molar-refractivity contribution in [2.45, 2.75) is 19.9 Å². The Morgan fingerprint density at radius 3 is 2.72 bits per heavy atom. The number of benzene rings is 1. The van der Waals surface area contributed by atoms with Gasteiger partial charge in [-0.25, -0.2) is 4.39 Å². The molecular weight excluding hydrogens is 229 g/mol. The van der Waals surface area contributed by atoms with Crippen LogP contribution in [0.1, 0.15) is 18.9 Å². The molecule has 1 N–H and O–H groups in total. The Hall–Kier alpha value is -1.35. The minimum absolute atomic E-state index is 0.0538. The fourth-order valence-corrected chi connectivity index (χ4v) is 2.61. The third-order valence-electron chi connectivity index (χ3n) is 3.57. The van der Waals surface area contributed by atoms with E-state index in [2.05, 4.69) is 24.0 Å². The molecule has 1 fully saturated rings. The van der Waals surface area contributed by atoms with Crippen molar-refractivity contribution in [1.29, 1.82) is 0 Å². The van der Waals surface area contributed by atoms with Crippen LogP contribution in [-0.4, -0.2) is 29.8 Å². The maximum Gasteiger partial charge on any atom is 0.146 e. The number of alkyl halides is 1. The van der Waals surface area contributed by atoms with Crippen molar-refractivity contribution in [3.8, 4) is 0 Å². The molecule has 0 aliphatic carbocycles. The van der Waals surface area contributed by atoms with Crippen molar-refractivity contribution in [2.24, 2.45) is 5.92 Å². The van der Waals surface area contributed by atoms with Crippen LogP contribution >= 0.6 is 0 Å². The van der Waals surface area contributed by atoms with Gasteiger partial charge in [0, 0.05) is 19.6 Å². The lowest BCUT2D eigenvalue weighted by molar-refractivity contribution is 0.202. The van der Waals surface area contributed by atoms with Gasteiger partial charge in [-0.15, -0.1) is 0 Å². The summed E-state index contributed by atoms with van der Waals surface area (Å²) in [5.74, 6) is 0.181. The molecule has 1 saturated heterocycles. The number of piperidine rings is 1. The van der Waals surface area contributed by atoms with Crippen LogP contribution in [0.5, 0.6) is 0 Å². The summed E-state index contributed by atoms with van der Waals surface area (Å²) < 4.78 is 12.5. The second-order valence-corrected chi connectivity index (χ2v) is 4.98. The van der Waals surface area contributed by atoms with Gasteiger partial charge in [0.1, 0.15) is 12.4 Å². The third kappa shape index (κ3) is 3.10. The molecule has 1 aromatic carbocycles. The van der Waals surface area contributed by atoms with Crippen molar-refractivity contribution in [1.82, 2.24) is 4.90 Å². The summed E-state index contributed by atoms with van der Waals surface area (Å²) in [6, 6.07) is 10.3. The molecule has 1 atom stereocenters. The lowest BCUT2D eigenvalue weighted by atomic mass is 9.92. The summed E-state index contributed by atoms with van der Waals surface area (Å²) in [7, 11) is 0. The second-order valence-electron chi connectivity index (χ2n) is 4.98. The Labute approximate surface area is 108 Å². The molecule has 18 heavy (non-hydrogen) atoms. The van der Waals surface area contributed by atoms with Gasteiger partial charge >= 0.3 is 0 Å². The predicted molar refractivity (Wildman–Crippen MR) is 71.1 cm³/mol. The number of allylic oxidation sites excluding steroid dienone is 1. The topological polar surface area (TPSA) is 23.5 Å². The Kier molecular flexibility index (Phi) is 4.37. The molecule has 1 aliphatic heterocycles. The van der Waals surface area contributed by atoms with Crippen LogP contribution in [0.4, 0.5) is 4.39 Å². The largest absolute Gasteiger partial charge is 0.510 e. The molecule has 0 bridgehead atoms. The molecule has 0 spiro atoms. The zero-order valence-corrected chi connectivity index (χ0v) is 10.8. The molecule has 98 valence electrons. The monoisotopic (exact) mass is 249 g/mol. The van der Waals surface area contributed by atoms with E-state index in [0.29, 0.717) is 0 Å². The number of hydrogen-bond donors (Lipinski definition) is 1. The normalized spacial score (nSPS) is 24.0. The molecular formula is C15H20FNO. The fourth-order valence-electron chi connectivity index (χ4n) is 2.61. The SMILES string of the molecule is CC1CN(Cc2ccccc2)CCC1=C(O)CF. The highest BCUT2D eigenvalue weighted by molar-refractivity contribution is 5.17. The van der Waals surface area contributed by atoms with Gasteiger partial charge in [0.2, 0.25) is 0 Å². The third-order valence-corrected chi connectivity index (χ3v) is 3.57. The highest BCUT2D eigenvalue weighted by Gasteiger charge is 2.23. The van der Waals surface area contributed by atoms with Crippen LogP contribution in [0, 0.1) is 5.92 Å². The lowest BCUT2D eigenvalue weighted by Gasteiger charge is -2.33. The molecule has 0 saturated carbocycles. The number of aliphatic hydroxyl groups is 1. The Morgan fingerprint density at radius 2 is 2.11 bits per heavy atom. The molecule has 2 rings (SSSR count). The number of rotatable bonds is 3. The molecule has 2 nitrogen and oxygen atoms in total. The van der Waals surface area contributed by atoms with Gasteiger partial charge in [0.15, 0.2) is 0 Å². The quantitative estimate of drug-likeness (QED) is 0.831. The summed E-state index contributed by atoms with van der Waals surface area (Å²) in [4.78, 5) is 2.36. The minimum atomic E-state index is -0.738. The van der Waals surface area contributed by atoms with E-state index in [-0.39, 0.29) is 11.7 Å². The van der Waals surface area contributed by atoms with Crippen LogP contribution in [0.25, 0.3) is 0 Å². The van der Waals surface area contributed by atoms with E-state index in [1.54, 1.807) is 0 Å². The minimum Gasteiger partial charge on any atom is -0.510 e. The van der Waals surface area contributed by atoms with Gasteiger partial charge in [-0.1, -0.05) is 37.3 Å². The summed E-state index contributed by atoms with van der Waals surface area (Å²) in [5, 5.41) is 9.52. The fraction of sp³-hybridized carbons (Fsp3) is 0.467. The summed E-state index contributed by atoms with van der Waals surface area (Å²) in [5.41, 5.74) is 2.19. The number of aliphatic hydroxyl groups excluding tert-OH is 1. The molecule has 0 amide bonds. The first-order valence-corrected chi connectivity index (χ1v) is 6.44. The predicted octanol–water partition coefficient (Wildman–Crippen LogP) is 3.31. The van der Waals surface area contributed by atoms with Gasteiger partial charge in [0.05, 0.1) is 0 Å². The molecule has 0 aromatic heterocycles. The van der Waals surface area contributed by atoms with Crippen molar-refractivity contribution >= 4 is 0 Å². The van der Waals surface area contributed by atoms with Gasteiger partial charge in [-0.2, -0.15) is 0 Å². The highest BCUT2D eigenvalue weighted by Crippen LogP contribution is 2.25. The number of likely N-dealkylation sites (tertiary alicyclic amines) is 1. The molecule has 1 unspecified atom stereocenters. The Morgan fingerprint density at radius 1 is 1.39 bits per heavy atom. The van der Waals surface area contributed by atoms with Crippen LogP contribution in [-0.2, 0) is 6.54 Å². The average molecular weight is 249 g/mol. The van der Waals surface area contributed by atoms with E-state index in [0.717, 1.165) is 31.6 Å². The smallest absolute Gasteiger partial charge is 0.146 e. The maximum atomic E-state index is 12.5. The number of hydrogen-bond acceptors (Lipinski definition) is 2. The van der Waals surface area contributed by atoms with Gasteiger partial charge in [0.25, 0.3) is 0 Å².